The molecule has 1 aromatic heterocycles. The number of aromatic nitrogens is 2. The summed E-state index contributed by atoms with van der Waals surface area (Å²) < 4.78 is 0. The molecule has 1 unspecified atom stereocenters. The first-order valence-corrected chi connectivity index (χ1v) is 7.73. The minimum atomic E-state index is 0.674. The fourth-order valence-corrected chi connectivity index (χ4v) is 2.90. The van der Waals surface area contributed by atoms with Crippen LogP contribution in [-0.4, -0.2) is 29.3 Å². The molecule has 1 aliphatic heterocycles. The van der Waals surface area contributed by atoms with E-state index in [4.69, 9.17) is 0 Å². The second-order valence-corrected chi connectivity index (χ2v) is 5.83. The third kappa shape index (κ3) is 3.44. The molecule has 19 heavy (non-hydrogen) atoms. The number of anilines is 1. The minimum absolute atomic E-state index is 0.674. The summed E-state index contributed by atoms with van der Waals surface area (Å²) in [7, 11) is 0. The fourth-order valence-electron chi connectivity index (χ4n) is 2.90. The summed E-state index contributed by atoms with van der Waals surface area (Å²) >= 11 is 0. The minimum Gasteiger partial charge on any atom is -0.369 e. The Labute approximate surface area is 115 Å². The van der Waals surface area contributed by atoms with Gasteiger partial charge in [-0.15, -0.1) is 5.10 Å². The van der Waals surface area contributed by atoms with Crippen LogP contribution >= 0.6 is 0 Å². The van der Waals surface area contributed by atoms with Crippen LogP contribution in [-0.2, 0) is 0 Å². The van der Waals surface area contributed by atoms with Gasteiger partial charge in [-0.25, -0.2) is 0 Å². The highest BCUT2D eigenvalue weighted by Crippen LogP contribution is 2.34. The monoisotopic (exact) mass is 260 g/mol. The lowest BCUT2D eigenvalue weighted by atomic mass is 9.83. The molecule has 3 rings (SSSR count). The molecule has 0 aromatic carbocycles. The van der Waals surface area contributed by atoms with Crippen molar-refractivity contribution >= 4 is 5.82 Å². The van der Waals surface area contributed by atoms with E-state index in [0.29, 0.717) is 12.0 Å². The summed E-state index contributed by atoms with van der Waals surface area (Å²) in [5.41, 5.74) is 1.17. The molecule has 1 saturated carbocycles. The van der Waals surface area contributed by atoms with Crippen molar-refractivity contribution < 1.29 is 0 Å². The fraction of sp³-hybridized carbons (Fsp3) is 0.733. The van der Waals surface area contributed by atoms with Gasteiger partial charge in [0.15, 0.2) is 0 Å². The predicted molar refractivity (Wildman–Crippen MR) is 77.4 cm³/mol. The van der Waals surface area contributed by atoms with E-state index in [2.05, 4.69) is 33.0 Å². The van der Waals surface area contributed by atoms with Crippen LogP contribution in [0.2, 0.25) is 0 Å². The van der Waals surface area contributed by atoms with E-state index in [9.17, 15) is 0 Å². The lowest BCUT2D eigenvalue weighted by Crippen LogP contribution is -2.35. The highest BCUT2D eigenvalue weighted by Gasteiger charge is 2.20. The van der Waals surface area contributed by atoms with Crippen molar-refractivity contribution in [2.24, 2.45) is 0 Å². The number of nitrogens with zero attached hydrogens (tertiary/aromatic N) is 2. The Balaban J connectivity index is 1.41. The van der Waals surface area contributed by atoms with Crippen molar-refractivity contribution in [3.63, 3.8) is 0 Å². The molecule has 4 nitrogen and oxygen atoms in total. The quantitative estimate of drug-likeness (QED) is 0.854. The average Bonchev–Trinajstić information content (AvgIpc) is 2.40. The SMILES string of the molecule is c1cc(C2CCC2)nnc1NCCC1CCCCN1. The third-order valence-corrected chi connectivity index (χ3v) is 4.42. The lowest BCUT2D eigenvalue weighted by Gasteiger charge is -2.24. The first kappa shape index (κ1) is 12.9. The van der Waals surface area contributed by atoms with Crippen LogP contribution in [0.4, 0.5) is 5.82 Å². The summed E-state index contributed by atoms with van der Waals surface area (Å²) in [4.78, 5) is 0. The largest absolute Gasteiger partial charge is 0.369 e. The first-order chi connectivity index (χ1) is 9.42. The molecule has 1 aromatic rings. The van der Waals surface area contributed by atoms with E-state index in [0.717, 1.165) is 12.4 Å². The molecule has 104 valence electrons. The molecule has 4 heteroatoms. The highest BCUT2D eigenvalue weighted by molar-refractivity contribution is 5.33. The van der Waals surface area contributed by atoms with Crippen molar-refractivity contribution in [1.82, 2.24) is 15.5 Å². The van der Waals surface area contributed by atoms with Gasteiger partial charge in [-0.05, 0) is 50.8 Å². The van der Waals surface area contributed by atoms with Gasteiger partial charge >= 0.3 is 0 Å². The maximum Gasteiger partial charge on any atom is 0.148 e. The van der Waals surface area contributed by atoms with Crippen LogP contribution in [0.1, 0.15) is 56.6 Å². The Hall–Kier alpha value is -1.16. The molecule has 0 amide bonds. The Kier molecular flexibility index (Phi) is 4.28. The van der Waals surface area contributed by atoms with E-state index < -0.39 is 0 Å². The number of rotatable bonds is 5. The normalized spacial score (nSPS) is 23.9. The molecule has 2 fully saturated rings. The van der Waals surface area contributed by atoms with Crippen molar-refractivity contribution in [2.45, 2.75) is 56.9 Å². The van der Waals surface area contributed by atoms with Crippen LogP contribution in [0.3, 0.4) is 0 Å². The van der Waals surface area contributed by atoms with Gasteiger partial charge in [0.05, 0.1) is 5.69 Å². The van der Waals surface area contributed by atoms with Gasteiger partial charge in [0.1, 0.15) is 5.82 Å². The molecule has 1 atom stereocenters. The third-order valence-electron chi connectivity index (χ3n) is 4.42. The molecule has 0 spiro atoms. The summed E-state index contributed by atoms with van der Waals surface area (Å²) in [6.07, 6.45) is 9.11. The van der Waals surface area contributed by atoms with Crippen molar-refractivity contribution in [1.29, 1.82) is 0 Å². The van der Waals surface area contributed by atoms with Crippen LogP contribution < -0.4 is 10.6 Å². The van der Waals surface area contributed by atoms with Gasteiger partial charge in [0.2, 0.25) is 0 Å². The van der Waals surface area contributed by atoms with E-state index >= 15 is 0 Å². The Morgan fingerprint density at radius 2 is 2.05 bits per heavy atom. The smallest absolute Gasteiger partial charge is 0.148 e. The zero-order chi connectivity index (χ0) is 12.9. The Morgan fingerprint density at radius 1 is 1.11 bits per heavy atom. The molecule has 0 bridgehead atoms. The van der Waals surface area contributed by atoms with Gasteiger partial charge in [0.25, 0.3) is 0 Å². The molecule has 2 heterocycles. The second kappa shape index (κ2) is 6.33. The molecule has 2 N–H and O–H groups in total. The van der Waals surface area contributed by atoms with Crippen LogP contribution in [0.15, 0.2) is 12.1 Å². The lowest BCUT2D eigenvalue weighted by molar-refractivity contribution is 0.388. The van der Waals surface area contributed by atoms with E-state index in [1.165, 1.54) is 57.2 Å². The topological polar surface area (TPSA) is 49.8 Å². The molecular formula is C15H24N4. The molecule has 0 radical (unpaired) electrons. The maximum atomic E-state index is 4.34. The summed E-state index contributed by atoms with van der Waals surface area (Å²) in [6, 6.07) is 4.90. The number of hydrogen-bond acceptors (Lipinski definition) is 4. The summed E-state index contributed by atoms with van der Waals surface area (Å²) in [5, 5.41) is 15.6. The van der Waals surface area contributed by atoms with Gasteiger partial charge in [0, 0.05) is 18.5 Å². The van der Waals surface area contributed by atoms with E-state index in [1.807, 2.05) is 0 Å². The molecule has 1 saturated heterocycles. The Bertz CT molecular complexity index is 380. The van der Waals surface area contributed by atoms with Crippen molar-refractivity contribution in [3.8, 4) is 0 Å². The maximum absolute atomic E-state index is 4.34. The van der Waals surface area contributed by atoms with Gasteiger partial charge in [-0.3, -0.25) is 0 Å². The van der Waals surface area contributed by atoms with Crippen LogP contribution in [0.5, 0.6) is 0 Å². The van der Waals surface area contributed by atoms with Gasteiger partial charge in [-0.2, -0.15) is 5.10 Å². The Morgan fingerprint density at radius 3 is 2.68 bits per heavy atom. The highest BCUT2D eigenvalue weighted by atomic mass is 15.2. The number of hydrogen-bond donors (Lipinski definition) is 2. The summed E-state index contributed by atoms with van der Waals surface area (Å²) in [5.74, 6) is 1.59. The first-order valence-electron chi connectivity index (χ1n) is 7.73. The molecule has 2 aliphatic rings. The second-order valence-electron chi connectivity index (χ2n) is 5.83. The molecular weight excluding hydrogens is 236 g/mol. The molecule has 1 aliphatic carbocycles. The number of piperidine rings is 1. The predicted octanol–water partition coefficient (Wildman–Crippen LogP) is 2.69. The van der Waals surface area contributed by atoms with Crippen molar-refractivity contribution in [2.75, 3.05) is 18.4 Å². The van der Waals surface area contributed by atoms with Gasteiger partial charge < -0.3 is 10.6 Å². The summed E-state index contributed by atoms with van der Waals surface area (Å²) in [6.45, 7) is 2.16. The van der Waals surface area contributed by atoms with Crippen molar-refractivity contribution in [3.05, 3.63) is 17.8 Å². The zero-order valence-electron chi connectivity index (χ0n) is 11.6. The number of nitrogens with one attached hydrogen (secondary N) is 2. The standard InChI is InChI=1S/C15H24N4/c1-2-10-16-13(6-1)9-11-17-15-8-7-14(18-19-15)12-4-3-5-12/h7-8,12-13,16H,1-6,9-11H2,(H,17,19). The zero-order valence-corrected chi connectivity index (χ0v) is 11.6. The van der Waals surface area contributed by atoms with Crippen LogP contribution in [0, 0.1) is 0 Å². The van der Waals surface area contributed by atoms with E-state index in [-0.39, 0.29) is 0 Å². The van der Waals surface area contributed by atoms with Crippen LogP contribution in [0.25, 0.3) is 0 Å². The van der Waals surface area contributed by atoms with Gasteiger partial charge in [-0.1, -0.05) is 12.8 Å². The average molecular weight is 260 g/mol. The van der Waals surface area contributed by atoms with E-state index in [1.54, 1.807) is 0 Å².